The van der Waals surface area contributed by atoms with E-state index in [-0.39, 0.29) is 12.3 Å². The summed E-state index contributed by atoms with van der Waals surface area (Å²) in [5, 5.41) is 1.05. The van der Waals surface area contributed by atoms with E-state index in [0.717, 1.165) is 50.3 Å². The number of hydrogen-bond acceptors (Lipinski definition) is 4. The van der Waals surface area contributed by atoms with Crippen molar-refractivity contribution in [1.29, 1.82) is 0 Å². The van der Waals surface area contributed by atoms with Crippen molar-refractivity contribution in [2.75, 3.05) is 25.2 Å². The molecule has 0 aliphatic carbocycles. The monoisotopic (exact) mass is 558 g/mol. The van der Waals surface area contributed by atoms with Crippen LogP contribution < -0.4 is 0 Å². The number of carbonyl (C=O) groups excluding carboxylic acids is 1. The lowest BCUT2D eigenvalue weighted by Gasteiger charge is -2.17. The minimum Gasteiger partial charge on any atom is -0.466 e. The third-order valence-electron chi connectivity index (χ3n) is 5.90. The third-order valence-corrected chi connectivity index (χ3v) is 6.46. The molecule has 0 aliphatic rings. The van der Waals surface area contributed by atoms with Gasteiger partial charge in [0.25, 0.3) is 0 Å². The molecule has 4 nitrogen and oxygen atoms in total. The van der Waals surface area contributed by atoms with Crippen LogP contribution in [-0.2, 0) is 19.0 Å². The normalized spacial score (nSPS) is 11.9. The van der Waals surface area contributed by atoms with E-state index in [1.807, 2.05) is 0 Å². The van der Waals surface area contributed by atoms with E-state index in [4.69, 9.17) is 14.2 Å². The van der Waals surface area contributed by atoms with Crippen molar-refractivity contribution in [3.05, 3.63) is 24.3 Å². The van der Waals surface area contributed by atoms with Gasteiger partial charge in [-0.15, -0.1) is 0 Å². The Hall–Kier alpha value is -0.650. The van der Waals surface area contributed by atoms with Crippen LogP contribution in [0.1, 0.15) is 129 Å². The first-order valence-electron chi connectivity index (χ1n) is 14.5. The predicted molar refractivity (Wildman–Crippen MR) is 153 cm³/mol. The topological polar surface area (TPSA) is 44.8 Å². The number of carbonyl (C=O) groups is 1. The summed E-state index contributed by atoms with van der Waals surface area (Å²) in [7, 11) is 0. The van der Waals surface area contributed by atoms with Crippen LogP contribution in [0.15, 0.2) is 24.3 Å². The first-order chi connectivity index (χ1) is 17.2. The number of halogens is 1. The Morgan fingerprint density at radius 1 is 0.686 bits per heavy atom. The molecule has 0 aromatic rings. The minimum absolute atomic E-state index is 0.0825. The Balaban J connectivity index is 4.11. The summed E-state index contributed by atoms with van der Waals surface area (Å²) in [6.45, 7) is 6.18. The Bertz CT molecular complexity index is 467. The molecule has 0 atom stereocenters. The third kappa shape index (κ3) is 27.8. The van der Waals surface area contributed by atoms with Gasteiger partial charge in [-0.25, -0.2) is 0 Å². The van der Waals surface area contributed by atoms with Crippen LogP contribution in [0.5, 0.6) is 0 Å². The molecule has 0 saturated heterocycles. The summed E-state index contributed by atoms with van der Waals surface area (Å²) in [6, 6.07) is 0. The lowest BCUT2D eigenvalue weighted by Crippen LogP contribution is -2.18. The van der Waals surface area contributed by atoms with Crippen molar-refractivity contribution < 1.29 is 19.0 Å². The number of alkyl halides is 1. The lowest BCUT2D eigenvalue weighted by molar-refractivity contribution is -0.144. The summed E-state index contributed by atoms with van der Waals surface area (Å²) in [5.41, 5.74) is 0. The van der Waals surface area contributed by atoms with Crippen molar-refractivity contribution in [2.24, 2.45) is 0 Å². The Morgan fingerprint density at radius 2 is 1.26 bits per heavy atom. The van der Waals surface area contributed by atoms with Crippen molar-refractivity contribution in [3.63, 3.8) is 0 Å². The second-order valence-electron chi connectivity index (χ2n) is 9.31. The van der Waals surface area contributed by atoms with Gasteiger partial charge in [0.2, 0.25) is 0 Å². The molecule has 0 N–H and O–H groups in total. The quantitative estimate of drug-likeness (QED) is 0.0331. The predicted octanol–water partition coefficient (Wildman–Crippen LogP) is 9.46. The molecular weight excluding hydrogens is 504 g/mol. The van der Waals surface area contributed by atoms with Gasteiger partial charge in [0, 0.05) is 11.8 Å². The van der Waals surface area contributed by atoms with Gasteiger partial charge in [-0.05, 0) is 57.8 Å². The number of rotatable bonds is 27. The summed E-state index contributed by atoms with van der Waals surface area (Å²) < 4.78 is 17.3. The van der Waals surface area contributed by atoms with Crippen LogP contribution in [0.3, 0.4) is 0 Å². The Kier molecular flexibility index (Phi) is 29.0. The number of esters is 1. The number of unbranched alkanes of at least 4 members (excludes halogenated alkanes) is 12. The highest BCUT2D eigenvalue weighted by molar-refractivity contribution is 9.09. The lowest BCUT2D eigenvalue weighted by atomic mass is 10.1. The number of allylic oxidation sites excluding steroid dienone is 2. The van der Waals surface area contributed by atoms with Crippen LogP contribution in [0.25, 0.3) is 0 Å². The molecule has 0 bridgehead atoms. The van der Waals surface area contributed by atoms with Crippen LogP contribution in [0.4, 0.5) is 0 Å². The molecule has 0 heterocycles. The molecule has 35 heavy (non-hydrogen) atoms. The van der Waals surface area contributed by atoms with E-state index in [1.54, 1.807) is 0 Å². The average Bonchev–Trinajstić information content (AvgIpc) is 2.86. The van der Waals surface area contributed by atoms with E-state index < -0.39 is 0 Å². The van der Waals surface area contributed by atoms with Crippen molar-refractivity contribution in [3.8, 4) is 0 Å². The van der Waals surface area contributed by atoms with Gasteiger partial charge in [0.05, 0.1) is 19.8 Å². The first kappa shape index (κ1) is 34.4. The van der Waals surface area contributed by atoms with Crippen LogP contribution in [0.2, 0.25) is 0 Å². The summed E-state index contributed by atoms with van der Waals surface area (Å²) in [6.07, 6.45) is 28.4. The molecule has 0 radical (unpaired) electrons. The van der Waals surface area contributed by atoms with Crippen LogP contribution in [-0.4, -0.2) is 37.4 Å². The fourth-order valence-electron chi connectivity index (χ4n) is 3.68. The first-order valence-corrected chi connectivity index (χ1v) is 15.6. The minimum atomic E-state index is -0.227. The van der Waals surface area contributed by atoms with Gasteiger partial charge < -0.3 is 14.2 Å². The average molecular weight is 560 g/mol. The molecule has 0 amide bonds. The van der Waals surface area contributed by atoms with Gasteiger partial charge in [-0.2, -0.15) is 0 Å². The van der Waals surface area contributed by atoms with E-state index in [0.29, 0.717) is 26.2 Å². The highest BCUT2D eigenvalue weighted by Crippen LogP contribution is 2.11. The van der Waals surface area contributed by atoms with Gasteiger partial charge >= 0.3 is 5.97 Å². The van der Waals surface area contributed by atoms with Gasteiger partial charge in [0.15, 0.2) is 6.29 Å². The zero-order valence-electron chi connectivity index (χ0n) is 23.0. The highest BCUT2D eigenvalue weighted by atomic mass is 79.9. The number of ether oxygens (including phenoxy) is 3. The van der Waals surface area contributed by atoms with E-state index in [1.165, 1.54) is 64.2 Å². The molecule has 5 heteroatoms. The maximum Gasteiger partial charge on any atom is 0.305 e. The highest BCUT2D eigenvalue weighted by Gasteiger charge is 2.09. The van der Waals surface area contributed by atoms with Crippen molar-refractivity contribution in [1.82, 2.24) is 0 Å². The number of hydrogen-bond donors (Lipinski definition) is 0. The fraction of sp³-hybridized carbons (Fsp3) is 0.833. The summed E-state index contributed by atoms with van der Waals surface area (Å²) >= 11 is 3.44. The Labute approximate surface area is 225 Å². The molecular formula is C30H55BrO4. The van der Waals surface area contributed by atoms with Crippen LogP contribution in [0, 0.1) is 0 Å². The standard InChI is InChI=1S/C30H55BrO4/c1-3-5-7-9-11-14-21-27-34-30(35-28-22-15-12-10-8-6-4-2)24-18-17-23-29(32)33-26-20-16-13-19-25-31/h14-15,21-22,30H,3-13,16-20,23-28H2,1-2H3/b21-14+,22-15+. The molecule has 0 unspecified atom stereocenters. The summed E-state index contributed by atoms with van der Waals surface area (Å²) in [4.78, 5) is 11.9. The Morgan fingerprint density at radius 3 is 1.83 bits per heavy atom. The van der Waals surface area contributed by atoms with Crippen molar-refractivity contribution >= 4 is 21.9 Å². The maximum absolute atomic E-state index is 11.9. The van der Waals surface area contributed by atoms with E-state index >= 15 is 0 Å². The van der Waals surface area contributed by atoms with Gasteiger partial charge in [0.1, 0.15) is 0 Å². The molecule has 0 aliphatic heterocycles. The van der Waals surface area contributed by atoms with Crippen molar-refractivity contribution in [2.45, 2.75) is 136 Å². The largest absolute Gasteiger partial charge is 0.466 e. The SMILES string of the molecule is CCCCCC/C=C/COC(CCCCC(=O)OCCCCCCBr)OC/C=C/CCCCCC. The molecule has 0 rings (SSSR count). The molecule has 0 aromatic carbocycles. The molecule has 0 fully saturated rings. The fourth-order valence-corrected chi connectivity index (χ4v) is 4.08. The smallest absolute Gasteiger partial charge is 0.305 e. The van der Waals surface area contributed by atoms with E-state index in [2.05, 4.69) is 54.1 Å². The van der Waals surface area contributed by atoms with E-state index in [9.17, 15) is 4.79 Å². The molecule has 0 saturated carbocycles. The second-order valence-corrected chi connectivity index (χ2v) is 10.1. The zero-order valence-corrected chi connectivity index (χ0v) is 24.5. The van der Waals surface area contributed by atoms with Gasteiger partial charge in [-0.1, -0.05) is 105 Å². The second kappa shape index (κ2) is 29.6. The van der Waals surface area contributed by atoms with Crippen LogP contribution >= 0.6 is 15.9 Å². The molecule has 206 valence electrons. The molecule has 0 spiro atoms. The molecule has 0 aromatic heterocycles. The zero-order chi connectivity index (χ0) is 25.7. The van der Waals surface area contributed by atoms with Gasteiger partial charge in [-0.3, -0.25) is 4.79 Å². The maximum atomic E-state index is 11.9. The summed E-state index contributed by atoms with van der Waals surface area (Å²) in [5.74, 6) is -0.0825.